The van der Waals surface area contributed by atoms with Gasteiger partial charge in [-0.05, 0) is 11.1 Å². The first kappa shape index (κ1) is 14.0. The Kier molecular flexibility index (Phi) is 3.92. The molecule has 0 spiro atoms. The molecule has 2 heteroatoms. The fourth-order valence-corrected chi connectivity index (χ4v) is 2.47. The van der Waals surface area contributed by atoms with Gasteiger partial charge in [-0.25, -0.2) is 0 Å². The third-order valence-electron chi connectivity index (χ3n) is 3.54. The second kappa shape index (κ2) is 6.19. The van der Waals surface area contributed by atoms with Crippen LogP contribution in [0.3, 0.4) is 0 Å². The maximum Gasteiger partial charge on any atom is 0.234 e. The Morgan fingerprint density at radius 3 is 2.00 bits per heavy atom. The van der Waals surface area contributed by atoms with Crippen LogP contribution in [0.4, 0.5) is 0 Å². The number of ketones is 1. The van der Waals surface area contributed by atoms with Gasteiger partial charge in [-0.15, -0.1) is 0 Å². The molecular weight excluding hydrogens is 272 g/mol. The van der Waals surface area contributed by atoms with Crippen LogP contribution >= 0.6 is 0 Å². The van der Waals surface area contributed by atoms with Crippen molar-refractivity contribution >= 4 is 12.1 Å². The molecule has 2 nitrogen and oxygen atoms in total. The van der Waals surface area contributed by atoms with E-state index in [1.807, 2.05) is 54.8 Å². The first-order chi connectivity index (χ1) is 10.8. The lowest BCUT2D eigenvalue weighted by molar-refractivity contribution is 0.103. The second-order valence-electron chi connectivity index (χ2n) is 4.89. The van der Waals surface area contributed by atoms with E-state index in [-0.39, 0.29) is 11.3 Å². The summed E-state index contributed by atoms with van der Waals surface area (Å²) in [5.74, 6) is -0.168. The van der Waals surface area contributed by atoms with Crippen LogP contribution in [0.2, 0.25) is 0 Å². The zero-order valence-corrected chi connectivity index (χ0v) is 11.8. The summed E-state index contributed by atoms with van der Waals surface area (Å²) in [6.45, 7) is 0. The molecule has 0 saturated heterocycles. The molecule has 22 heavy (non-hydrogen) atoms. The minimum absolute atomic E-state index is 0.168. The van der Waals surface area contributed by atoms with Crippen LogP contribution in [0.25, 0.3) is 11.1 Å². The molecule has 105 valence electrons. The van der Waals surface area contributed by atoms with E-state index in [1.165, 1.54) is 0 Å². The summed E-state index contributed by atoms with van der Waals surface area (Å²) >= 11 is 0. The molecule has 0 aliphatic heterocycles. The maximum atomic E-state index is 12.8. The molecule has 0 unspecified atom stereocenters. The van der Waals surface area contributed by atoms with E-state index in [4.69, 9.17) is 0 Å². The van der Waals surface area contributed by atoms with Crippen molar-refractivity contribution < 1.29 is 9.59 Å². The molecule has 3 aromatic carbocycles. The highest BCUT2D eigenvalue weighted by atomic mass is 16.1. The van der Waals surface area contributed by atoms with Crippen molar-refractivity contribution in [2.24, 2.45) is 0 Å². The Morgan fingerprint density at radius 2 is 1.27 bits per heavy atom. The van der Waals surface area contributed by atoms with E-state index >= 15 is 0 Å². The van der Waals surface area contributed by atoms with Crippen LogP contribution < -0.4 is 0 Å². The lowest BCUT2D eigenvalue weighted by atomic mass is 9.92. The Bertz CT molecular complexity index is 820. The Morgan fingerprint density at radius 1 is 0.682 bits per heavy atom. The molecule has 0 saturated carbocycles. The molecule has 0 fully saturated rings. The summed E-state index contributed by atoms with van der Waals surface area (Å²) in [4.78, 5) is 23.9. The summed E-state index contributed by atoms with van der Waals surface area (Å²) in [6, 6.07) is 23.9. The molecule has 0 N–H and O–H groups in total. The van der Waals surface area contributed by atoms with Crippen molar-refractivity contribution in [3.8, 4) is 11.1 Å². The third-order valence-corrected chi connectivity index (χ3v) is 3.54. The SMILES string of the molecule is O=[C]c1ccccc1C(=O)c1ccccc1-c1ccccc1. The Balaban J connectivity index is 2.13. The molecular formula is C20H13O2. The number of hydrogen-bond acceptors (Lipinski definition) is 2. The van der Waals surface area contributed by atoms with Gasteiger partial charge >= 0.3 is 0 Å². The zero-order chi connectivity index (χ0) is 15.4. The van der Waals surface area contributed by atoms with E-state index in [9.17, 15) is 9.59 Å². The highest BCUT2D eigenvalue weighted by Gasteiger charge is 2.17. The van der Waals surface area contributed by atoms with Crippen molar-refractivity contribution in [1.29, 1.82) is 0 Å². The maximum absolute atomic E-state index is 12.8. The zero-order valence-electron chi connectivity index (χ0n) is 11.8. The van der Waals surface area contributed by atoms with Gasteiger partial charge in [0.2, 0.25) is 6.29 Å². The number of carbonyl (C=O) groups is 1. The summed E-state index contributed by atoms with van der Waals surface area (Å²) in [6.07, 6.45) is 1.83. The molecule has 0 aliphatic rings. The average molecular weight is 285 g/mol. The molecule has 0 heterocycles. The van der Waals surface area contributed by atoms with Gasteiger partial charge < -0.3 is 0 Å². The molecule has 0 atom stereocenters. The van der Waals surface area contributed by atoms with Gasteiger partial charge in [-0.2, -0.15) is 0 Å². The molecule has 0 aliphatic carbocycles. The summed E-state index contributed by atoms with van der Waals surface area (Å²) in [7, 11) is 0. The lowest BCUT2D eigenvalue weighted by Gasteiger charge is -2.10. The standard InChI is InChI=1S/C20H13O2/c21-14-16-10-4-5-12-18(16)20(22)19-13-7-6-11-17(19)15-8-2-1-3-9-15/h1-13H. The van der Waals surface area contributed by atoms with Crippen molar-refractivity contribution in [1.82, 2.24) is 0 Å². The molecule has 1 radical (unpaired) electrons. The van der Waals surface area contributed by atoms with Crippen LogP contribution in [-0.4, -0.2) is 12.1 Å². The third kappa shape index (κ3) is 2.59. The lowest BCUT2D eigenvalue weighted by Crippen LogP contribution is -2.06. The summed E-state index contributed by atoms with van der Waals surface area (Å²) in [5, 5.41) is 0. The molecule has 0 bridgehead atoms. The fourth-order valence-electron chi connectivity index (χ4n) is 2.47. The average Bonchev–Trinajstić information content (AvgIpc) is 2.62. The first-order valence-electron chi connectivity index (χ1n) is 6.97. The van der Waals surface area contributed by atoms with Gasteiger partial charge in [0.05, 0.1) is 0 Å². The van der Waals surface area contributed by atoms with Crippen molar-refractivity contribution in [3.63, 3.8) is 0 Å². The summed E-state index contributed by atoms with van der Waals surface area (Å²) < 4.78 is 0. The van der Waals surface area contributed by atoms with Crippen LogP contribution in [0.5, 0.6) is 0 Å². The predicted octanol–water partition coefficient (Wildman–Crippen LogP) is 4.04. The highest BCUT2D eigenvalue weighted by Crippen LogP contribution is 2.26. The van der Waals surface area contributed by atoms with E-state index in [0.717, 1.165) is 11.1 Å². The van der Waals surface area contributed by atoms with Gasteiger partial charge in [-0.3, -0.25) is 9.59 Å². The smallest absolute Gasteiger partial charge is 0.234 e. The molecule has 3 aromatic rings. The fraction of sp³-hybridized carbons (Fsp3) is 0. The van der Waals surface area contributed by atoms with Gasteiger partial charge in [0, 0.05) is 16.7 Å². The minimum Gasteiger partial charge on any atom is -0.289 e. The Labute approximate surface area is 129 Å². The van der Waals surface area contributed by atoms with E-state index < -0.39 is 0 Å². The number of carbonyl (C=O) groups excluding carboxylic acids is 2. The van der Waals surface area contributed by atoms with Crippen molar-refractivity contribution in [3.05, 3.63) is 95.6 Å². The summed E-state index contributed by atoms with van der Waals surface area (Å²) in [5.41, 5.74) is 3.07. The van der Waals surface area contributed by atoms with Crippen molar-refractivity contribution in [2.45, 2.75) is 0 Å². The van der Waals surface area contributed by atoms with E-state index in [1.54, 1.807) is 30.3 Å². The number of benzene rings is 3. The topological polar surface area (TPSA) is 34.1 Å². The predicted molar refractivity (Wildman–Crippen MR) is 86.5 cm³/mol. The van der Waals surface area contributed by atoms with E-state index in [0.29, 0.717) is 11.1 Å². The first-order valence-corrected chi connectivity index (χ1v) is 6.97. The monoisotopic (exact) mass is 285 g/mol. The van der Waals surface area contributed by atoms with E-state index in [2.05, 4.69) is 0 Å². The largest absolute Gasteiger partial charge is 0.289 e. The van der Waals surface area contributed by atoms with Gasteiger partial charge in [0.1, 0.15) is 0 Å². The number of hydrogen-bond donors (Lipinski definition) is 0. The van der Waals surface area contributed by atoms with Crippen LogP contribution in [-0.2, 0) is 4.79 Å². The quantitative estimate of drug-likeness (QED) is 0.678. The molecule has 0 aromatic heterocycles. The molecule has 0 amide bonds. The minimum atomic E-state index is -0.168. The molecule has 3 rings (SSSR count). The van der Waals surface area contributed by atoms with Crippen LogP contribution in [0.15, 0.2) is 78.9 Å². The van der Waals surface area contributed by atoms with Gasteiger partial charge in [0.15, 0.2) is 5.78 Å². The number of rotatable bonds is 4. The van der Waals surface area contributed by atoms with Crippen molar-refractivity contribution in [2.75, 3.05) is 0 Å². The highest BCUT2D eigenvalue weighted by molar-refractivity contribution is 6.15. The van der Waals surface area contributed by atoms with Crippen LogP contribution in [0, 0.1) is 0 Å². The Hall–Kier alpha value is -3.00. The second-order valence-corrected chi connectivity index (χ2v) is 4.89. The van der Waals surface area contributed by atoms with Gasteiger partial charge in [0.25, 0.3) is 0 Å². The van der Waals surface area contributed by atoms with Gasteiger partial charge in [-0.1, -0.05) is 78.9 Å². The normalized spacial score (nSPS) is 10.2. The van der Waals surface area contributed by atoms with Crippen LogP contribution in [0.1, 0.15) is 21.5 Å².